The lowest BCUT2D eigenvalue weighted by Crippen LogP contribution is -2.44. The molecule has 0 atom stereocenters. The Kier molecular flexibility index (Phi) is 9.47. The van der Waals surface area contributed by atoms with Crippen molar-refractivity contribution in [2.45, 2.75) is 80.4 Å². The van der Waals surface area contributed by atoms with Crippen LogP contribution in [0.3, 0.4) is 0 Å². The van der Waals surface area contributed by atoms with E-state index in [1.165, 1.54) is 90.9 Å². The van der Waals surface area contributed by atoms with E-state index in [1.54, 1.807) is 0 Å². The van der Waals surface area contributed by atoms with E-state index < -0.39 is 0 Å². The average molecular weight is 607 g/mol. The highest BCUT2D eigenvalue weighted by molar-refractivity contribution is 5.68. The highest BCUT2D eigenvalue weighted by atomic mass is 15.2. The zero-order valence-electron chi connectivity index (χ0n) is 29.0. The maximum atomic E-state index is 2.67. The van der Waals surface area contributed by atoms with E-state index in [4.69, 9.17) is 0 Å². The Bertz CT molecular complexity index is 1780. The highest BCUT2D eigenvalue weighted by Gasteiger charge is 2.25. The third-order valence-corrected chi connectivity index (χ3v) is 10.5. The second kappa shape index (κ2) is 13.7. The second-order valence-corrected chi connectivity index (χ2v) is 13.8. The Hall–Kier alpha value is -4.14. The molecule has 5 aromatic rings. The van der Waals surface area contributed by atoms with Crippen LogP contribution in [0.4, 0.5) is 5.69 Å². The van der Waals surface area contributed by atoms with Crippen LogP contribution in [-0.4, -0.2) is 24.0 Å². The molecule has 1 fully saturated rings. The zero-order chi connectivity index (χ0) is 32.4. The molecule has 1 aliphatic rings. The minimum atomic E-state index is 0.510. The summed E-state index contributed by atoms with van der Waals surface area (Å²) in [6.07, 6.45) is 2.33. The van der Waals surface area contributed by atoms with Crippen molar-refractivity contribution in [2.24, 2.45) is 0 Å². The van der Waals surface area contributed by atoms with Crippen molar-refractivity contribution in [2.75, 3.05) is 18.0 Å². The van der Waals surface area contributed by atoms with Gasteiger partial charge in [0.2, 0.25) is 0 Å². The van der Waals surface area contributed by atoms with Crippen LogP contribution in [0.1, 0.15) is 62.9 Å². The fourth-order valence-electron chi connectivity index (χ4n) is 7.11. The smallest absolute Gasteiger partial charge is 0.0432 e. The van der Waals surface area contributed by atoms with Crippen LogP contribution < -0.4 is 4.90 Å². The van der Waals surface area contributed by atoms with Gasteiger partial charge in [-0.25, -0.2) is 0 Å². The molecule has 0 unspecified atom stereocenters. The third kappa shape index (κ3) is 7.13. The van der Waals surface area contributed by atoms with Gasteiger partial charge < -0.3 is 4.90 Å². The van der Waals surface area contributed by atoms with Crippen molar-refractivity contribution in [1.82, 2.24) is 4.90 Å². The van der Waals surface area contributed by atoms with E-state index in [2.05, 4.69) is 155 Å². The standard InChI is InChI=1S/C44H50N2/c1-30-14-16-43(17-15-30)46(29-38-11-9-13-40(27-38)42-24-33(4)36(7)34(5)25-42)44-18-20-45(21-19-44)28-37-10-8-12-39(26-37)41-22-31(2)35(6)32(3)23-41/h8-17,22-27,44H,18-21,28-29H2,1-7H3. The van der Waals surface area contributed by atoms with Gasteiger partial charge >= 0.3 is 0 Å². The van der Waals surface area contributed by atoms with Crippen LogP contribution in [0.25, 0.3) is 22.3 Å². The first-order valence-corrected chi connectivity index (χ1v) is 17.0. The van der Waals surface area contributed by atoms with E-state index in [1.807, 2.05) is 0 Å². The molecule has 0 aromatic heterocycles. The summed E-state index contributed by atoms with van der Waals surface area (Å²) in [5.74, 6) is 0. The number of benzene rings is 5. The van der Waals surface area contributed by atoms with Gasteiger partial charge in [0.05, 0.1) is 0 Å². The first-order chi connectivity index (χ1) is 22.1. The Balaban J connectivity index is 1.17. The van der Waals surface area contributed by atoms with Crippen molar-refractivity contribution in [1.29, 1.82) is 0 Å². The van der Waals surface area contributed by atoms with E-state index in [-0.39, 0.29) is 0 Å². The quantitative estimate of drug-likeness (QED) is 0.173. The molecule has 1 aliphatic heterocycles. The largest absolute Gasteiger partial charge is 0.364 e. The van der Waals surface area contributed by atoms with Gasteiger partial charge in [0.25, 0.3) is 0 Å². The fourth-order valence-corrected chi connectivity index (χ4v) is 7.11. The number of aryl methyl sites for hydroxylation is 5. The summed E-state index contributed by atoms with van der Waals surface area (Å²) >= 11 is 0. The zero-order valence-corrected chi connectivity index (χ0v) is 29.0. The van der Waals surface area contributed by atoms with E-state index in [0.29, 0.717) is 6.04 Å². The number of hydrogen-bond donors (Lipinski definition) is 0. The summed E-state index contributed by atoms with van der Waals surface area (Å²) in [6, 6.07) is 37.4. The van der Waals surface area contributed by atoms with Crippen LogP contribution in [0.2, 0.25) is 0 Å². The van der Waals surface area contributed by atoms with E-state index >= 15 is 0 Å². The van der Waals surface area contributed by atoms with Gasteiger partial charge in [-0.2, -0.15) is 0 Å². The molecule has 5 aromatic carbocycles. The molecule has 2 heteroatoms. The summed E-state index contributed by atoms with van der Waals surface area (Å²) in [7, 11) is 0. The number of anilines is 1. The highest BCUT2D eigenvalue weighted by Crippen LogP contribution is 2.31. The molecule has 0 aliphatic carbocycles. The van der Waals surface area contributed by atoms with Crippen LogP contribution in [-0.2, 0) is 13.1 Å². The molecule has 46 heavy (non-hydrogen) atoms. The first-order valence-electron chi connectivity index (χ1n) is 17.0. The Morgan fingerprint density at radius 1 is 0.543 bits per heavy atom. The number of piperidine rings is 1. The molecule has 2 nitrogen and oxygen atoms in total. The summed E-state index contributed by atoms with van der Waals surface area (Å²) in [4.78, 5) is 5.32. The van der Waals surface area contributed by atoms with Crippen molar-refractivity contribution in [3.05, 3.63) is 147 Å². The lowest BCUT2D eigenvalue weighted by Gasteiger charge is -2.40. The average Bonchev–Trinajstić information content (AvgIpc) is 3.06. The van der Waals surface area contributed by atoms with Crippen LogP contribution in [0.5, 0.6) is 0 Å². The lowest BCUT2D eigenvalue weighted by molar-refractivity contribution is 0.201. The van der Waals surface area contributed by atoms with Crippen LogP contribution in [0.15, 0.2) is 97.1 Å². The van der Waals surface area contributed by atoms with Gasteiger partial charge in [0.15, 0.2) is 0 Å². The van der Waals surface area contributed by atoms with Crippen molar-refractivity contribution >= 4 is 5.69 Å². The molecule has 0 saturated carbocycles. The summed E-state index contributed by atoms with van der Waals surface area (Å²) in [5.41, 5.74) is 18.9. The van der Waals surface area contributed by atoms with Crippen molar-refractivity contribution < 1.29 is 0 Å². The summed E-state index contributed by atoms with van der Waals surface area (Å²) < 4.78 is 0. The third-order valence-electron chi connectivity index (χ3n) is 10.5. The molecule has 0 bridgehead atoms. The number of nitrogens with zero attached hydrogens (tertiary/aromatic N) is 2. The maximum Gasteiger partial charge on any atom is 0.0432 e. The Labute approximate surface area is 277 Å². The fraction of sp³-hybridized carbons (Fsp3) is 0.318. The second-order valence-electron chi connectivity index (χ2n) is 13.8. The molecule has 0 radical (unpaired) electrons. The molecule has 236 valence electrons. The summed E-state index contributed by atoms with van der Waals surface area (Å²) in [5, 5.41) is 0. The summed E-state index contributed by atoms with van der Waals surface area (Å²) in [6.45, 7) is 19.7. The number of likely N-dealkylation sites (tertiary alicyclic amines) is 1. The van der Waals surface area contributed by atoms with Gasteiger partial charge in [-0.15, -0.1) is 0 Å². The lowest BCUT2D eigenvalue weighted by atomic mass is 9.95. The number of rotatable bonds is 8. The van der Waals surface area contributed by atoms with Crippen molar-refractivity contribution in [3.8, 4) is 22.3 Å². The molecule has 6 rings (SSSR count). The van der Waals surface area contributed by atoms with Crippen LogP contribution >= 0.6 is 0 Å². The van der Waals surface area contributed by atoms with Gasteiger partial charge in [-0.1, -0.05) is 78.4 Å². The van der Waals surface area contributed by atoms with Gasteiger partial charge in [0.1, 0.15) is 0 Å². The van der Waals surface area contributed by atoms with Gasteiger partial charge in [0, 0.05) is 37.9 Å². The predicted molar refractivity (Wildman–Crippen MR) is 198 cm³/mol. The normalized spacial score (nSPS) is 14.1. The SMILES string of the molecule is Cc1ccc(N(Cc2cccc(-c3cc(C)c(C)c(C)c3)c2)C2CCN(Cc3cccc(-c4cc(C)c(C)c(C)c4)c3)CC2)cc1. The Morgan fingerprint density at radius 3 is 1.54 bits per heavy atom. The number of hydrogen-bond acceptors (Lipinski definition) is 2. The van der Waals surface area contributed by atoms with E-state index in [9.17, 15) is 0 Å². The Morgan fingerprint density at radius 2 is 1.02 bits per heavy atom. The minimum absolute atomic E-state index is 0.510. The molecule has 0 N–H and O–H groups in total. The van der Waals surface area contributed by atoms with Crippen molar-refractivity contribution in [3.63, 3.8) is 0 Å². The first kappa shape index (κ1) is 31.8. The molecule has 0 amide bonds. The molecular formula is C44H50N2. The molecular weight excluding hydrogens is 556 g/mol. The minimum Gasteiger partial charge on any atom is -0.364 e. The molecule has 1 heterocycles. The van der Waals surface area contributed by atoms with Crippen LogP contribution in [0, 0.1) is 48.5 Å². The maximum absolute atomic E-state index is 2.67. The van der Waals surface area contributed by atoms with E-state index in [0.717, 1.165) is 26.2 Å². The molecule has 0 spiro atoms. The predicted octanol–water partition coefficient (Wildman–Crippen LogP) is 10.9. The van der Waals surface area contributed by atoms with Gasteiger partial charge in [-0.3, -0.25) is 4.90 Å². The molecule has 1 saturated heterocycles. The monoisotopic (exact) mass is 606 g/mol. The van der Waals surface area contributed by atoms with Gasteiger partial charge in [-0.05, 0) is 152 Å². The topological polar surface area (TPSA) is 6.48 Å².